The standard InChI is InChI=1S/C28H19Cl2N3O3S2/c29-22-12-11-19(14-23(22)30)31-27(35)32-33-26(34)25(38-28(33)37)15-21-20-9-5-4-8-18(20)10-13-24(21)36-16-17-6-2-1-3-7-17/h1-15H,16H2,(H2,31,32,35)/b25-15+. The molecule has 4 aromatic rings. The number of carbonyl (C=O) groups excluding carboxylic acids is 2. The van der Waals surface area contributed by atoms with Crippen LogP contribution in [0.3, 0.4) is 0 Å². The molecule has 0 aliphatic carbocycles. The summed E-state index contributed by atoms with van der Waals surface area (Å²) in [5.41, 5.74) is 4.68. The fraction of sp³-hybridized carbons (Fsp3) is 0.0357. The number of amides is 3. The van der Waals surface area contributed by atoms with Crippen molar-refractivity contribution in [3.8, 4) is 5.75 Å². The molecule has 0 spiro atoms. The van der Waals surface area contributed by atoms with Gasteiger partial charge in [-0.1, -0.05) is 95.6 Å². The summed E-state index contributed by atoms with van der Waals surface area (Å²) < 4.78 is 6.36. The Hall–Kier alpha value is -3.56. The molecule has 1 heterocycles. The van der Waals surface area contributed by atoms with Crippen LogP contribution in [0.15, 0.2) is 89.8 Å². The first-order valence-corrected chi connectivity index (χ1v) is 13.4. The lowest BCUT2D eigenvalue weighted by atomic mass is 10.0. The minimum Gasteiger partial charge on any atom is -0.488 e. The molecule has 1 fully saturated rings. The Labute approximate surface area is 238 Å². The number of hydrazine groups is 1. The smallest absolute Gasteiger partial charge is 0.338 e. The second kappa shape index (κ2) is 11.4. The number of thioether (sulfide) groups is 1. The van der Waals surface area contributed by atoms with Gasteiger partial charge in [0.15, 0.2) is 4.32 Å². The number of rotatable bonds is 6. The van der Waals surface area contributed by atoms with Crippen molar-refractivity contribution < 1.29 is 14.3 Å². The van der Waals surface area contributed by atoms with Crippen molar-refractivity contribution in [1.82, 2.24) is 10.4 Å². The van der Waals surface area contributed by atoms with E-state index in [-0.39, 0.29) is 4.32 Å². The summed E-state index contributed by atoms with van der Waals surface area (Å²) in [6, 6.07) is 25.6. The minimum absolute atomic E-state index is 0.192. The monoisotopic (exact) mass is 579 g/mol. The van der Waals surface area contributed by atoms with Crippen molar-refractivity contribution in [3.05, 3.63) is 111 Å². The fourth-order valence-corrected chi connectivity index (χ4v) is 5.27. The molecule has 4 aromatic carbocycles. The first-order valence-electron chi connectivity index (χ1n) is 11.4. The first-order chi connectivity index (χ1) is 18.4. The van der Waals surface area contributed by atoms with E-state index < -0.39 is 11.9 Å². The van der Waals surface area contributed by atoms with Crippen LogP contribution >= 0.6 is 47.2 Å². The topological polar surface area (TPSA) is 70.7 Å². The highest BCUT2D eigenvalue weighted by atomic mass is 35.5. The van der Waals surface area contributed by atoms with Gasteiger partial charge in [0.1, 0.15) is 12.4 Å². The molecule has 6 nitrogen and oxygen atoms in total. The van der Waals surface area contributed by atoms with E-state index in [0.717, 1.165) is 38.7 Å². The van der Waals surface area contributed by atoms with Crippen LogP contribution < -0.4 is 15.5 Å². The van der Waals surface area contributed by atoms with Crippen LogP contribution in [0.4, 0.5) is 10.5 Å². The zero-order valence-electron chi connectivity index (χ0n) is 19.6. The van der Waals surface area contributed by atoms with Crippen molar-refractivity contribution in [1.29, 1.82) is 0 Å². The van der Waals surface area contributed by atoms with E-state index in [2.05, 4.69) is 10.7 Å². The molecule has 1 aliphatic heterocycles. The fourth-order valence-electron chi connectivity index (χ4n) is 3.82. The van der Waals surface area contributed by atoms with E-state index in [1.165, 1.54) is 6.07 Å². The van der Waals surface area contributed by atoms with E-state index in [0.29, 0.717) is 33.0 Å². The van der Waals surface area contributed by atoms with Gasteiger partial charge in [-0.05, 0) is 58.9 Å². The maximum absolute atomic E-state index is 13.3. The third-order valence-electron chi connectivity index (χ3n) is 5.63. The number of nitrogens with zero attached hydrogens (tertiary/aromatic N) is 1. The van der Waals surface area contributed by atoms with E-state index in [1.54, 1.807) is 18.2 Å². The summed E-state index contributed by atoms with van der Waals surface area (Å²) in [6.45, 7) is 0.372. The molecular weight excluding hydrogens is 561 g/mol. The zero-order chi connectivity index (χ0) is 26.6. The van der Waals surface area contributed by atoms with Crippen LogP contribution in [0.25, 0.3) is 16.8 Å². The van der Waals surface area contributed by atoms with Gasteiger partial charge >= 0.3 is 6.03 Å². The van der Waals surface area contributed by atoms with Crippen molar-refractivity contribution >= 4 is 86.0 Å². The summed E-state index contributed by atoms with van der Waals surface area (Å²) in [6.07, 6.45) is 1.75. The summed E-state index contributed by atoms with van der Waals surface area (Å²) >= 11 is 18.4. The third-order valence-corrected chi connectivity index (χ3v) is 7.67. The maximum Gasteiger partial charge on any atom is 0.338 e. The van der Waals surface area contributed by atoms with Crippen LogP contribution in [0.1, 0.15) is 11.1 Å². The molecule has 1 saturated heterocycles. The normalized spacial score (nSPS) is 14.3. The first kappa shape index (κ1) is 26.1. The summed E-state index contributed by atoms with van der Waals surface area (Å²) in [7, 11) is 0. The number of benzene rings is 4. The van der Waals surface area contributed by atoms with Crippen LogP contribution in [0.2, 0.25) is 10.0 Å². The molecule has 190 valence electrons. The number of carbonyl (C=O) groups is 2. The Morgan fingerprint density at radius 1 is 0.974 bits per heavy atom. The highest BCUT2D eigenvalue weighted by molar-refractivity contribution is 8.26. The predicted molar refractivity (Wildman–Crippen MR) is 158 cm³/mol. The van der Waals surface area contributed by atoms with Crippen LogP contribution in [0, 0.1) is 0 Å². The molecule has 38 heavy (non-hydrogen) atoms. The van der Waals surface area contributed by atoms with E-state index in [1.807, 2.05) is 66.7 Å². The number of nitrogens with one attached hydrogen (secondary N) is 2. The molecule has 0 radical (unpaired) electrons. The van der Waals surface area contributed by atoms with Gasteiger partial charge in [0.25, 0.3) is 5.91 Å². The number of anilines is 1. The lowest BCUT2D eigenvalue weighted by molar-refractivity contribution is -0.123. The molecule has 0 bridgehead atoms. The molecule has 1 aliphatic rings. The average Bonchev–Trinajstić information content (AvgIpc) is 3.18. The van der Waals surface area contributed by atoms with Gasteiger partial charge in [-0.15, -0.1) is 0 Å². The minimum atomic E-state index is -0.655. The Balaban J connectivity index is 1.39. The number of hydrogen-bond acceptors (Lipinski definition) is 5. The highest BCUT2D eigenvalue weighted by Gasteiger charge is 2.34. The molecule has 0 saturated carbocycles. The maximum atomic E-state index is 13.3. The average molecular weight is 581 g/mol. The van der Waals surface area contributed by atoms with Crippen molar-refractivity contribution in [2.45, 2.75) is 6.61 Å². The molecule has 2 N–H and O–H groups in total. The number of hydrogen-bond donors (Lipinski definition) is 2. The Morgan fingerprint density at radius 2 is 1.74 bits per heavy atom. The largest absolute Gasteiger partial charge is 0.488 e. The lowest BCUT2D eigenvalue weighted by Crippen LogP contribution is -2.46. The van der Waals surface area contributed by atoms with Gasteiger partial charge in [0.05, 0.1) is 15.0 Å². The number of urea groups is 1. The summed E-state index contributed by atoms with van der Waals surface area (Å²) in [5.74, 6) is 0.175. The molecule has 0 unspecified atom stereocenters. The molecule has 5 rings (SSSR count). The summed E-state index contributed by atoms with van der Waals surface area (Å²) in [5, 5.41) is 6.23. The number of ether oxygens (including phenoxy) is 1. The second-order valence-corrected chi connectivity index (χ2v) is 10.7. The van der Waals surface area contributed by atoms with E-state index >= 15 is 0 Å². The molecule has 0 aromatic heterocycles. The van der Waals surface area contributed by atoms with Crippen LogP contribution in [-0.2, 0) is 11.4 Å². The Kier molecular flexibility index (Phi) is 7.85. The molecule has 10 heteroatoms. The van der Waals surface area contributed by atoms with Gasteiger partial charge in [0.2, 0.25) is 0 Å². The number of halogens is 2. The van der Waals surface area contributed by atoms with Gasteiger partial charge < -0.3 is 10.1 Å². The quantitative estimate of drug-likeness (QED) is 0.181. The number of thiocarbonyl (C=S) groups is 1. The highest BCUT2D eigenvalue weighted by Crippen LogP contribution is 2.36. The predicted octanol–water partition coefficient (Wildman–Crippen LogP) is 7.66. The second-order valence-electron chi connectivity index (χ2n) is 8.18. The van der Waals surface area contributed by atoms with Crippen LogP contribution in [0.5, 0.6) is 5.75 Å². The summed E-state index contributed by atoms with van der Waals surface area (Å²) in [4.78, 5) is 26.2. The Bertz CT molecular complexity index is 1600. The molecular formula is C28H19Cl2N3O3S2. The van der Waals surface area contributed by atoms with Gasteiger partial charge in [0, 0.05) is 11.3 Å². The van der Waals surface area contributed by atoms with Crippen molar-refractivity contribution in [2.24, 2.45) is 0 Å². The third kappa shape index (κ3) is 5.79. The lowest BCUT2D eigenvalue weighted by Gasteiger charge is -2.16. The van der Waals surface area contributed by atoms with Gasteiger partial charge in [-0.3, -0.25) is 4.79 Å². The van der Waals surface area contributed by atoms with E-state index in [4.69, 9.17) is 40.2 Å². The molecule has 0 atom stereocenters. The van der Waals surface area contributed by atoms with Crippen molar-refractivity contribution in [3.63, 3.8) is 0 Å². The Morgan fingerprint density at radius 3 is 2.53 bits per heavy atom. The van der Waals surface area contributed by atoms with Crippen molar-refractivity contribution in [2.75, 3.05) is 5.32 Å². The van der Waals surface area contributed by atoms with Gasteiger partial charge in [-0.25, -0.2) is 10.2 Å². The van der Waals surface area contributed by atoms with Gasteiger partial charge in [-0.2, -0.15) is 5.01 Å². The molecule has 3 amide bonds. The number of fused-ring (bicyclic) bond motifs is 1. The zero-order valence-corrected chi connectivity index (χ0v) is 22.8. The SMILES string of the molecule is O=C(Nc1ccc(Cl)c(Cl)c1)NN1C(=O)/C(=C\c2c(OCc3ccccc3)ccc3ccccc23)SC1=S. The van der Waals surface area contributed by atoms with E-state index in [9.17, 15) is 9.59 Å². The van der Waals surface area contributed by atoms with Crippen LogP contribution in [-0.4, -0.2) is 21.3 Å².